The van der Waals surface area contributed by atoms with Gasteiger partial charge in [-0.1, -0.05) is 198 Å². The SMILES string of the molecule is Cc1cc(-c2cc3c(cc2C)-c2c(ccc4ccccc24)C(C)(C)C3(C)C)[n+](C)cc1C.Cc1cc(-c2cc3c(cc2C)-c2cc4ccccc4cc2C(C)(C)C3(C)C)[n+](C)cc1C.Cc1cc(-c2ccc3c(c2C)C(C)(C)C(C)(C)c2c-3ccc3ccccc23)[n+](C)cc1C. The zero-order valence-electron chi connectivity index (χ0n) is 62.2. The summed E-state index contributed by atoms with van der Waals surface area (Å²) in [5.74, 6) is 0. The van der Waals surface area contributed by atoms with Gasteiger partial charge in [0.2, 0.25) is 17.1 Å². The van der Waals surface area contributed by atoms with Crippen molar-refractivity contribution in [3.05, 3.63) is 266 Å². The van der Waals surface area contributed by atoms with Crippen molar-refractivity contribution in [2.24, 2.45) is 21.1 Å². The van der Waals surface area contributed by atoms with Crippen LogP contribution in [0.5, 0.6) is 0 Å². The van der Waals surface area contributed by atoms with E-state index < -0.39 is 0 Å². The van der Waals surface area contributed by atoms with Gasteiger partial charge in [-0.2, -0.15) is 0 Å². The van der Waals surface area contributed by atoms with Crippen LogP contribution >= 0.6 is 0 Å². The summed E-state index contributed by atoms with van der Waals surface area (Å²) in [6, 6.07) is 62.2. The molecule has 3 heteroatoms. The molecule has 0 N–H and O–H groups in total. The Hall–Kier alpha value is -8.79. The van der Waals surface area contributed by atoms with Crippen molar-refractivity contribution < 1.29 is 13.7 Å². The van der Waals surface area contributed by atoms with Gasteiger partial charge < -0.3 is 0 Å². The van der Waals surface area contributed by atoms with Gasteiger partial charge >= 0.3 is 0 Å². The molecular weight excluding hydrogens is 1160 g/mol. The first kappa shape index (κ1) is 65.9. The Morgan fingerprint density at radius 1 is 0.240 bits per heavy atom. The van der Waals surface area contributed by atoms with Crippen LogP contribution in [-0.4, -0.2) is 0 Å². The normalized spacial score (nSPS) is 16.0. The molecule has 0 unspecified atom stereocenters. The van der Waals surface area contributed by atoms with Gasteiger partial charge in [-0.3, -0.25) is 0 Å². The van der Waals surface area contributed by atoms with Crippen LogP contribution in [0.1, 0.15) is 167 Å². The van der Waals surface area contributed by atoms with Gasteiger partial charge in [0, 0.05) is 57.0 Å². The first-order valence-corrected chi connectivity index (χ1v) is 35.1. The van der Waals surface area contributed by atoms with E-state index in [1.54, 1.807) is 0 Å². The molecule has 15 rings (SSSR count). The first-order chi connectivity index (χ1) is 45.1. The Labute approximate surface area is 574 Å². The van der Waals surface area contributed by atoms with Crippen LogP contribution in [0, 0.1) is 62.3 Å². The number of hydrogen-bond acceptors (Lipinski definition) is 0. The van der Waals surface area contributed by atoms with Crippen molar-refractivity contribution in [1.82, 2.24) is 0 Å². The van der Waals surface area contributed by atoms with Gasteiger partial charge in [0.1, 0.15) is 21.1 Å². The largest absolute Gasteiger partial charge is 0.212 e. The number of rotatable bonds is 3. The molecule has 0 radical (unpaired) electrons. The van der Waals surface area contributed by atoms with Crippen LogP contribution in [0.2, 0.25) is 0 Å². The average molecular weight is 1260 g/mol. The summed E-state index contributed by atoms with van der Waals surface area (Å²) >= 11 is 0. The van der Waals surface area contributed by atoms with Gasteiger partial charge in [-0.05, 0) is 252 Å². The molecule has 3 aliphatic carbocycles. The van der Waals surface area contributed by atoms with Crippen LogP contribution in [-0.2, 0) is 53.6 Å². The lowest BCUT2D eigenvalue weighted by Crippen LogP contribution is -2.44. The molecule has 3 heterocycles. The predicted molar refractivity (Wildman–Crippen MR) is 409 cm³/mol. The standard InChI is InChI=1S/3C31H34N/c1-19-14-29(32(8)18-21(19)3)24-17-28-25(13-20(24)2)26-15-22-11-9-10-12-23(22)16-27(26)30(4,5)31(28,6)7;1-19-16-28(32(8)18-21(19)3)24-17-27-25(15-20(24)2)29-23-12-10-9-11-22(23)13-14-26(29)30(4,5)31(27,6)7;1-19-17-27(32(8)18-20(19)2)23-15-16-25-26-14-13-22-11-9-10-12-24(22)29(26)31(6,7)30(4,5)28(25)21(23)3/h3*9-18H,1-8H3/q3*+1. The van der Waals surface area contributed by atoms with Crippen LogP contribution in [0.25, 0.3) is 99.5 Å². The molecule has 0 amide bonds. The first-order valence-electron chi connectivity index (χ1n) is 35.1. The smallest absolute Gasteiger partial charge is 0.201 e. The minimum atomic E-state index is -0.0160. The lowest BCUT2D eigenvalue weighted by Gasteiger charge is -2.49. The number of pyridine rings is 3. The number of benzene rings is 9. The fourth-order valence-electron chi connectivity index (χ4n) is 17.1. The van der Waals surface area contributed by atoms with E-state index in [4.69, 9.17) is 0 Å². The molecule has 0 aliphatic heterocycles. The van der Waals surface area contributed by atoms with E-state index in [-0.39, 0.29) is 32.5 Å². The molecule has 3 aliphatic rings. The Morgan fingerprint density at radius 3 is 1.11 bits per heavy atom. The van der Waals surface area contributed by atoms with Crippen molar-refractivity contribution in [3.63, 3.8) is 0 Å². The van der Waals surface area contributed by atoms with Crippen LogP contribution in [0.4, 0.5) is 0 Å². The highest BCUT2D eigenvalue weighted by molar-refractivity contribution is 6.02. The molecule has 0 bridgehead atoms. The Balaban J connectivity index is 0.000000130. The Morgan fingerprint density at radius 2 is 0.594 bits per heavy atom. The lowest BCUT2D eigenvalue weighted by atomic mass is 9.54. The molecule has 0 atom stereocenters. The molecule has 486 valence electrons. The zero-order valence-corrected chi connectivity index (χ0v) is 62.2. The summed E-state index contributed by atoms with van der Waals surface area (Å²) in [7, 11) is 6.49. The van der Waals surface area contributed by atoms with Crippen molar-refractivity contribution in [2.75, 3.05) is 0 Å². The molecule has 0 fully saturated rings. The third kappa shape index (κ3) is 9.97. The molecule has 3 aromatic heterocycles. The van der Waals surface area contributed by atoms with E-state index in [1.165, 1.54) is 183 Å². The van der Waals surface area contributed by atoms with Crippen molar-refractivity contribution in [2.45, 2.75) is 178 Å². The highest BCUT2D eigenvalue weighted by Crippen LogP contribution is 2.60. The van der Waals surface area contributed by atoms with E-state index in [9.17, 15) is 0 Å². The Kier molecular flexibility index (Phi) is 15.7. The summed E-state index contributed by atoms with van der Waals surface area (Å²) in [4.78, 5) is 0. The number of hydrogen-bond donors (Lipinski definition) is 0. The van der Waals surface area contributed by atoms with E-state index >= 15 is 0 Å². The molecule has 0 saturated heterocycles. The highest BCUT2D eigenvalue weighted by Gasteiger charge is 2.50. The summed E-state index contributed by atoms with van der Waals surface area (Å²) in [6.07, 6.45) is 6.75. The second kappa shape index (κ2) is 22.9. The molecule has 0 saturated carbocycles. The maximum absolute atomic E-state index is 2.49. The molecule has 96 heavy (non-hydrogen) atoms. The topological polar surface area (TPSA) is 11.6 Å². The van der Waals surface area contributed by atoms with Gasteiger partial charge in [0.25, 0.3) is 0 Å². The van der Waals surface area contributed by atoms with Crippen molar-refractivity contribution >= 4 is 32.3 Å². The molecule has 12 aromatic rings. The highest BCUT2D eigenvalue weighted by atomic mass is 14.9. The summed E-state index contributed by atoms with van der Waals surface area (Å²) in [6.45, 7) is 49.1. The van der Waals surface area contributed by atoms with Crippen molar-refractivity contribution in [3.8, 4) is 67.2 Å². The van der Waals surface area contributed by atoms with E-state index in [2.05, 4.69) is 363 Å². The lowest BCUT2D eigenvalue weighted by molar-refractivity contribution is -0.660. The minimum absolute atomic E-state index is 0.00144. The fraction of sp³-hybridized carbons (Fsp3) is 0.323. The van der Waals surface area contributed by atoms with Crippen LogP contribution in [0.15, 0.2) is 182 Å². The van der Waals surface area contributed by atoms with Gasteiger partial charge in [-0.15, -0.1) is 0 Å². The zero-order chi connectivity index (χ0) is 69.0. The monoisotopic (exact) mass is 1260 g/mol. The van der Waals surface area contributed by atoms with Crippen LogP contribution in [0.3, 0.4) is 0 Å². The molecular formula is C93H102N3+3. The van der Waals surface area contributed by atoms with Gasteiger partial charge in [0.15, 0.2) is 18.6 Å². The molecule has 0 spiro atoms. The number of aromatic nitrogens is 3. The maximum atomic E-state index is 2.49. The summed E-state index contributed by atoms with van der Waals surface area (Å²) < 4.78 is 6.83. The third-order valence-corrected chi connectivity index (χ3v) is 25.5. The van der Waals surface area contributed by atoms with Crippen LogP contribution < -0.4 is 13.7 Å². The Bertz CT molecular complexity index is 5160. The number of aryl methyl sites for hydroxylation is 11. The quantitative estimate of drug-likeness (QED) is 0.156. The summed E-state index contributed by atoms with van der Waals surface area (Å²) in [5, 5.41) is 8.03. The predicted octanol–water partition coefficient (Wildman–Crippen LogP) is 22.5. The third-order valence-electron chi connectivity index (χ3n) is 25.5. The summed E-state index contributed by atoms with van der Waals surface area (Å²) in [5.41, 5.74) is 37.1. The number of fused-ring (bicyclic) bond motifs is 14. The maximum Gasteiger partial charge on any atom is 0.212 e. The molecule has 9 aromatic carbocycles. The average Bonchev–Trinajstić information content (AvgIpc) is 0.718. The van der Waals surface area contributed by atoms with E-state index in [0.717, 1.165) is 0 Å². The van der Waals surface area contributed by atoms with E-state index in [0.29, 0.717) is 0 Å². The fourth-order valence-corrected chi connectivity index (χ4v) is 17.1. The van der Waals surface area contributed by atoms with E-state index in [1.807, 2.05) is 0 Å². The number of nitrogens with zero attached hydrogens (tertiary/aromatic N) is 3. The van der Waals surface area contributed by atoms with Crippen molar-refractivity contribution in [1.29, 1.82) is 0 Å². The second-order valence-electron chi connectivity index (χ2n) is 32.4. The van der Waals surface area contributed by atoms with Gasteiger partial charge in [-0.25, -0.2) is 13.7 Å². The second-order valence-corrected chi connectivity index (χ2v) is 32.4. The molecule has 3 nitrogen and oxygen atoms in total. The minimum Gasteiger partial charge on any atom is -0.201 e. The van der Waals surface area contributed by atoms with Gasteiger partial charge in [0.05, 0.1) is 0 Å².